The Hall–Kier alpha value is -0.860. The van der Waals surface area contributed by atoms with Crippen molar-refractivity contribution in [2.45, 2.75) is 44.6 Å². The van der Waals surface area contributed by atoms with Gasteiger partial charge in [0.25, 0.3) is 0 Å². The topological polar surface area (TPSA) is 29.3 Å². The standard InChI is InChI=1S/C16H26N2/c1-2-11-16(17)13-18(14-16)12-7-6-10-15-8-4-3-5-9-15/h3-5,8-9H,2,6-7,10-14,17H2,1H3. The number of unbranched alkanes of at least 4 members (excludes halogenated alkanes) is 1. The summed E-state index contributed by atoms with van der Waals surface area (Å²) >= 11 is 0. The molecule has 1 aromatic rings. The highest BCUT2D eigenvalue weighted by Gasteiger charge is 2.37. The first-order valence-corrected chi connectivity index (χ1v) is 7.27. The third-order valence-corrected chi connectivity index (χ3v) is 3.86. The fourth-order valence-corrected chi connectivity index (χ4v) is 2.97. The van der Waals surface area contributed by atoms with E-state index in [2.05, 4.69) is 42.2 Å². The van der Waals surface area contributed by atoms with Gasteiger partial charge in [0, 0.05) is 18.6 Å². The van der Waals surface area contributed by atoms with E-state index in [1.165, 1.54) is 44.2 Å². The lowest BCUT2D eigenvalue weighted by molar-refractivity contribution is 0.0625. The monoisotopic (exact) mass is 246 g/mol. The second-order valence-corrected chi connectivity index (χ2v) is 5.77. The van der Waals surface area contributed by atoms with E-state index < -0.39 is 0 Å². The molecule has 0 aromatic heterocycles. The van der Waals surface area contributed by atoms with E-state index in [1.54, 1.807) is 0 Å². The van der Waals surface area contributed by atoms with E-state index >= 15 is 0 Å². The number of rotatable bonds is 7. The van der Waals surface area contributed by atoms with Crippen LogP contribution in [0.3, 0.4) is 0 Å². The van der Waals surface area contributed by atoms with Crippen LogP contribution in [0.4, 0.5) is 0 Å². The quantitative estimate of drug-likeness (QED) is 0.750. The highest BCUT2D eigenvalue weighted by Crippen LogP contribution is 2.23. The molecule has 0 atom stereocenters. The Labute approximate surface area is 111 Å². The van der Waals surface area contributed by atoms with E-state index in [0.717, 1.165) is 13.1 Å². The summed E-state index contributed by atoms with van der Waals surface area (Å²) in [6, 6.07) is 10.8. The number of likely N-dealkylation sites (tertiary alicyclic amines) is 1. The third-order valence-electron chi connectivity index (χ3n) is 3.86. The summed E-state index contributed by atoms with van der Waals surface area (Å²) in [5.74, 6) is 0. The van der Waals surface area contributed by atoms with Gasteiger partial charge >= 0.3 is 0 Å². The summed E-state index contributed by atoms with van der Waals surface area (Å²) in [7, 11) is 0. The molecule has 1 saturated heterocycles. The van der Waals surface area contributed by atoms with Crippen molar-refractivity contribution in [2.75, 3.05) is 19.6 Å². The molecule has 0 amide bonds. The van der Waals surface area contributed by atoms with Crippen molar-refractivity contribution in [1.29, 1.82) is 0 Å². The van der Waals surface area contributed by atoms with Crippen LogP contribution in [-0.2, 0) is 6.42 Å². The molecule has 0 radical (unpaired) electrons. The van der Waals surface area contributed by atoms with Crippen molar-refractivity contribution in [1.82, 2.24) is 4.90 Å². The van der Waals surface area contributed by atoms with E-state index in [4.69, 9.17) is 5.73 Å². The van der Waals surface area contributed by atoms with Crippen LogP contribution < -0.4 is 5.73 Å². The molecule has 0 saturated carbocycles. The molecular weight excluding hydrogens is 220 g/mol. The zero-order valence-electron chi connectivity index (χ0n) is 11.6. The normalized spacial score (nSPS) is 18.6. The van der Waals surface area contributed by atoms with Crippen LogP contribution in [0.15, 0.2) is 30.3 Å². The van der Waals surface area contributed by atoms with Crippen LogP contribution in [0, 0.1) is 0 Å². The highest BCUT2D eigenvalue weighted by atomic mass is 15.2. The smallest absolute Gasteiger partial charge is 0.0412 e. The molecule has 1 aromatic carbocycles. The van der Waals surface area contributed by atoms with Crippen LogP contribution in [0.2, 0.25) is 0 Å². The van der Waals surface area contributed by atoms with Crippen molar-refractivity contribution in [3.8, 4) is 0 Å². The molecule has 2 N–H and O–H groups in total. The van der Waals surface area contributed by atoms with Gasteiger partial charge in [-0.1, -0.05) is 43.7 Å². The second kappa shape index (κ2) is 6.35. The van der Waals surface area contributed by atoms with Crippen LogP contribution in [0.1, 0.15) is 38.2 Å². The average molecular weight is 246 g/mol. The summed E-state index contributed by atoms with van der Waals surface area (Å²) in [5, 5.41) is 0. The number of nitrogens with two attached hydrogens (primary N) is 1. The molecule has 2 heteroatoms. The van der Waals surface area contributed by atoms with Gasteiger partial charge in [-0.15, -0.1) is 0 Å². The van der Waals surface area contributed by atoms with E-state index in [9.17, 15) is 0 Å². The minimum atomic E-state index is 0.133. The van der Waals surface area contributed by atoms with Gasteiger partial charge in [-0.3, -0.25) is 4.90 Å². The maximum Gasteiger partial charge on any atom is 0.0412 e. The number of hydrogen-bond donors (Lipinski definition) is 1. The van der Waals surface area contributed by atoms with Gasteiger partial charge in [-0.25, -0.2) is 0 Å². The van der Waals surface area contributed by atoms with Crippen molar-refractivity contribution < 1.29 is 0 Å². The summed E-state index contributed by atoms with van der Waals surface area (Å²) in [6.07, 6.45) is 6.16. The van der Waals surface area contributed by atoms with Crippen molar-refractivity contribution >= 4 is 0 Å². The molecule has 18 heavy (non-hydrogen) atoms. The van der Waals surface area contributed by atoms with Gasteiger partial charge in [0.2, 0.25) is 0 Å². The van der Waals surface area contributed by atoms with E-state index in [1.807, 2.05) is 0 Å². The van der Waals surface area contributed by atoms with Gasteiger partial charge in [0.15, 0.2) is 0 Å². The van der Waals surface area contributed by atoms with Crippen molar-refractivity contribution in [3.05, 3.63) is 35.9 Å². The van der Waals surface area contributed by atoms with Crippen molar-refractivity contribution in [2.24, 2.45) is 5.73 Å². The lowest BCUT2D eigenvalue weighted by Gasteiger charge is -2.48. The lowest BCUT2D eigenvalue weighted by Crippen LogP contribution is -2.67. The molecule has 2 nitrogen and oxygen atoms in total. The maximum atomic E-state index is 6.26. The summed E-state index contributed by atoms with van der Waals surface area (Å²) in [4.78, 5) is 2.50. The summed E-state index contributed by atoms with van der Waals surface area (Å²) in [6.45, 7) is 5.64. The minimum Gasteiger partial charge on any atom is -0.323 e. The number of aryl methyl sites for hydroxylation is 1. The van der Waals surface area contributed by atoms with E-state index in [0.29, 0.717) is 0 Å². The molecule has 1 fully saturated rings. The van der Waals surface area contributed by atoms with Crippen molar-refractivity contribution in [3.63, 3.8) is 0 Å². The molecular formula is C16H26N2. The van der Waals surface area contributed by atoms with Gasteiger partial charge in [-0.05, 0) is 37.8 Å². The highest BCUT2D eigenvalue weighted by molar-refractivity contribution is 5.14. The second-order valence-electron chi connectivity index (χ2n) is 5.77. The van der Waals surface area contributed by atoms with Gasteiger partial charge < -0.3 is 5.73 Å². The molecule has 0 aliphatic carbocycles. The summed E-state index contributed by atoms with van der Waals surface area (Å²) in [5.41, 5.74) is 7.85. The molecule has 100 valence electrons. The molecule has 0 spiro atoms. The summed E-state index contributed by atoms with van der Waals surface area (Å²) < 4.78 is 0. The Bertz CT molecular complexity index is 341. The molecule has 0 unspecified atom stereocenters. The molecule has 0 bridgehead atoms. The Balaban J connectivity index is 1.55. The first-order chi connectivity index (χ1) is 8.72. The van der Waals surface area contributed by atoms with Gasteiger partial charge in [0.1, 0.15) is 0 Å². The van der Waals surface area contributed by atoms with Gasteiger partial charge in [0.05, 0.1) is 0 Å². The number of hydrogen-bond acceptors (Lipinski definition) is 2. The lowest BCUT2D eigenvalue weighted by atomic mass is 9.86. The predicted octanol–water partition coefficient (Wildman–Crippen LogP) is 2.82. The minimum absolute atomic E-state index is 0.133. The maximum absolute atomic E-state index is 6.26. The Morgan fingerprint density at radius 2 is 1.89 bits per heavy atom. The number of nitrogens with zero attached hydrogens (tertiary/aromatic N) is 1. The first-order valence-electron chi connectivity index (χ1n) is 7.27. The largest absolute Gasteiger partial charge is 0.323 e. The number of benzene rings is 1. The Morgan fingerprint density at radius 3 is 2.56 bits per heavy atom. The predicted molar refractivity (Wildman–Crippen MR) is 77.6 cm³/mol. The zero-order chi connectivity index (χ0) is 12.8. The molecule has 1 aliphatic heterocycles. The fraction of sp³-hybridized carbons (Fsp3) is 0.625. The van der Waals surface area contributed by atoms with Crippen LogP contribution in [0.5, 0.6) is 0 Å². The van der Waals surface area contributed by atoms with E-state index in [-0.39, 0.29) is 5.54 Å². The van der Waals surface area contributed by atoms with Crippen LogP contribution in [-0.4, -0.2) is 30.1 Å². The molecule has 1 aliphatic rings. The third kappa shape index (κ3) is 3.82. The molecule has 2 rings (SSSR count). The zero-order valence-corrected chi connectivity index (χ0v) is 11.6. The van der Waals surface area contributed by atoms with Crippen LogP contribution >= 0.6 is 0 Å². The Kier molecular flexibility index (Phi) is 4.79. The molecule has 1 heterocycles. The SMILES string of the molecule is CCCC1(N)CN(CCCCc2ccccc2)C1. The van der Waals surface area contributed by atoms with Crippen LogP contribution in [0.25, 0.3) is 0 Å². The fourth-order valence-electron chi connectivity index (χ4n) is 2.97. The first kappa shape index (κ1) is 13.6. The Morgan fingerprint density at radius 1 is 1.17 bits per heavy atom. The average Bonchev–Trinajstić information content (AvgIpc) is 2.34. The van der Waals surface area contributed by atoms with Gasteiger partial charge in [-0.2, -0.15) is 0 Å².